The average molecular weight is 384 g/mol. The minimum atomic E-state index is 0.00349. The van der Waals surface area contributed by atoms with Crippen molar-refractivity contribution < 1.29 is 9.32 Å². The molecule has 2 aromatic heterocycles. The van der Waals surface area contributed by atoms with Crippen LogP contribution in [0.2, 0.25) is 0 Å². The minimum Gasteiger partial charge on any atom is -0.361 e. The lowest BCUT2D eigenvalue weighted by Crippen LogP contribution is -2.49. The summed E-state index contributed by atoms with van der Waals surface area (Å²) in [5.41, 5.74) is 1.25. The number of carbonyl (C=O) groups is 1. The van der Waals surface area contributed by atoms with Gasteiger partial charge < -0.3 is 19.2 Å². The number of piperazine rings is 1. The van der Waals surface area contributed by atoms with Gasteiger partial charge in [-0.3, -0.25) is 4.79 Å². The molecule has 0 aromatic carbocycles. The van der Waals surface area contributed by atoms with Crippen molar-refractivity contribution in [1.29, 1.82) is 0 Å². The Bertz CT molecular complexity index is 831. The molecule has 0 N–H and O–H groups in total. The third-order valence-electron chi connectivity index (χ3n) is 5.63. The fourth-order valence-electron chi connectivity index (χ4n) is 4.07. The lowest BCUT2D eigenvalue weighted by molar-refractivity contribution is 0.0744. The van der Waals surface area contributed by atoms with Crippen LogP contribution >= 0.6 is 0 Å². The molecule has 8 nitrogen and oxygen atoms in total. The molecule has 0 aliphatic carbocycles. The van der Waals surface area contributed by atoms with Crippen molar-refractivity contribution >= 4 is 17.5 Å². The third kappa shape index (κ3) is 3.68. The molecule has 150 valence electrons. The van der Waals surface area contributed by atoms with Gasteiger partial charge in [-0.1, -0.05) is 5.16 Å². The van der Waals surface area contributed by atoms with Gasteiger partial charge in [-0.15, -0.1) is 0 Å². The fraction of sp³-hybridized carbons (Fsp3) is 0.600. The van der Waals surface area contributed by atoms with Crippen LogP contribution in [0.15, 0.2) is 10.6 Å². The Hall–Kier alpha value is -2.64. The standard InChI is InChI=1S/C20H28N6O2/c1-14-19(15(2)28-23-14)20(27)26-11-9-25(10-12-26)18-13-17(21-16(3)22-18)24-7-5-4-6-8-24/h13H,4-12H2,1-3H3. The van der Waals surface area contributed by atoms with Crippen molar-refractivity contribution in [3.63, 3.8) is 0 Å². The summed E-state index contributed by atoms with van der Waals surface area (Å²) in [6.07, 6.45) is 3.75. The Balaban J connectivity index is 1.45. The lowest BCUT2D eigenvalue weighted by Gasteiger charge is -2.36. The molecule has 2 fully saturated rings. The van der Waals surface area contributed by atoms with E-state index >= 15 is 0 Å². The van der Waals surface area contributed by atoms with E-state index in [1.807, 2.05) is 18.7 Å². The molecule has 0 atom stereocenters. The van der Waals surface area contributed by atoms with Gasteiger partial charge in [0.05, 0.1) is 5.69 Å². The van der Waals surface area contributed by atoms with Crippen LogP contribution in [0.1, 0.15) is 46.9 Å². The fourth-order valence-corrected chi connectivity index (χ4v) is 4.07. The van der Waals surface area contributed by atoms with Gasteiger partial charge >= 0.3 is 0 Å². The summed E-state index contributed by atoms with van der Waals surface area (Å²) in [6, 6.07) is 2.10. The first-order valence-electron chi connectivity index (χ1n) is 10.1. The second-order valence-electron chi connectivity index (χ2n) is 7.66. The van der Waals surface area contributed by atoms with Crippen LogP contribution in [0.5, 0.6) is 0 Å². The first-order chi connectivity index (χ1) is 13.5. The molecule has 0 radical (unpaired) electrons. The smallest absolute Gasteiger partial charge is 0.259 e. The van der Waals surface area contributed by atoms with E-state index in [0.29, 0.717) is 30.1 Å². The minimum absolute atomic E-state index is 0.00349. The summed E-state index contributed by atoms with van der Waals surface area (Å²) < 4.78 is 5.15. The molecule has 8 heteroatoms. The number of carbonyl (C=O) groups excluding carboxylic acids is 1. The zero-order chi connectivity index (χ0) is 19.7. The predicted molar refractivity (Wildman–Crippen MR) is 107 cm³/mol. The maximum Gasteiger partial charge on any atom is 0.259 e. The molecule has 0 spiro atoms. The van der Waals surface area contributed by atoms with Gasteiger partial charge in [0.15, 0.2) is 0 Å². The van der Waals surface area contributed by atoms with Gasteiger partial charge in [0.25, 0.3) is 5.91 Å². The number of aryl methyl sites for hydroxylation is 3. The Labute approximate surface area is 165 Å². The number of hydrogen-bond acceptors (Lipinski definition) is 7. The normalized spacial score (nSPS) is 17.9. The Morgan fingerprint density at radius 2 is 1.50 bits per heavy atom. The molecule has 2 aromatic rings. The molecule has 2 saturated heterocycles. The Morgan fingerprint density at radius 3 is 2.07 bits per heavy atom. The molecular formula is C20H28N6O2. The molecule has 0 bridgehead atoms. The number of amides is 1. The van der Waals surface area contributed by atoms with E-state index in [2.05, 4.69) is 31.0 Å². The van der Waals surface area contributed by atoms with Gasteiger partial charge in [0.1, 0.15) is 28.8 Å². The molecule has 28 heavy (non-hydrogen) atoms. The second-order valence-corrected chi connectivity index (χ2v) is 7.66. The van der Waals surface area contributed by atoms with Crippen LogP contribution in [-0.2, 0) is 0 Å². The van der Waals surface area contributed by atoms with Crippen molar-refractivity contribution in [2.24, 2.45) is 0 Å². The summed E-state index contributed by atoms with van der Waals surface area (Å²) in [5.74, 6) is 3.37. The van der Waals surface area contributed by atoms with Crippen LogP contribution in [0, 0.1) is 20.8 Å². The van der Waals surface area contributed by atoms with Gasteiger partial charge in [-0.05, 0) is 40.0 Å². The van der Waals surface area contributed by atoms with E-state index in [9.17, 15) is 4.79 Å². The zero-order valence-electron chi connectivity index (χ0n) is 16.9. The van der Waals surface area contributed by atoms with E-state index in [1.165, 1.54) is 19.3 Å². The molecular weight excluding hydrogens is 356 g/mol. The highest BCUT2D eigenvalue weighted by molar-refractivity contribution is 5.96. The molecule has 2 aliphatic heterocycles. The van der Waals surface area contributed by atoms with Crippen molar-refractivity contribution in [3.8, 4) is 0 Å². The van der Waals surface area contributed by atoms with Crippen LogP contribution in [0.25, 0.3) is 0 Å². The van der Waals surface area contributed by atoms with Gasteiger partial charge in [-0.2, -0.15) is 0 Å². The van der Waals surface area contributed by atoms with E-state index in [0.717, 1.165) is 43.6 Å². The first-order valence-corrected chi connectivity index (χ1v) is 10.1. The highest BCUT2D eigenvalue weighted by Gasteiger charge is 2.27. The zero-order valence-corrected chi connectivity index (χ0v) is 16.9. The van der Waals surface area contributed by atoms with Gasteiger partial charge in [0.2, 0.25) is 0 Å². The number of piperidine rings is 1. The largest absolute Gasteiger partial charge is 0.361 e. The molecule has 0 saturated carbocycles. The van der Waals surface area contributed by atoms with Gasteiger partial charge in [-0.25, -0.2) is 9.97 Å². The summed E-state index contributed by atoms with van der Waals surface area (Å²) in [7, 11) is 0. The number of anilines is 2. The molecule has 2 aliphatic rings. The van der Waals surface area contributed by atoms with Crippen LogP contribution < -0.4 is 9.80 Å². The highest BCUT2D eigenvalue weighted by Crippen LogP contribution is 2.24. The summed E-state index contributed by atoms with van der Waals surface area (Å²) in [6.45, 7) is 10.5. The van der Waals surface area contributed by atoms with Crippen LogP contribution in [0.3, 0.4) is 0 Å². The number of aromatic nitrogens is 3. The maximum absolute atomic E-state index is 12.8. The van der Waals surface area contributed by atoms with Crippen molar-refractivity contribution in [2.75, 3.05) is 49.1 Å². The number of hydrogen-bond donors (Lipinski definition) is 0. The monoisotopic (exact) mass is 384 g/mol. The third-order valence-corrected chi connectivity index (χ3v) is 5.63. The molecule has 0 unspecified atom stereocenters. The van der Waals surface area contributed by atoms with Crippen LogP contribution in [-0.4, -0.2) is 65.2 Å². The van der Waals surface area contributed by atoms with E-state index < -0.39 is 0 Å². The second kappa shape index (κ2) is 7.77. The topological polar surface area (TPSA) is 78.6 Å². The highest BCUT2D eigenvalue weighted by atomic mass is 16.5. The average Bonchev–Trinajstić information content (AvgIpc) is 3.06. The summed E-state index contributed by atoms with van der Waals surface area (Å²) in [4.78, 5) is 28.6. The number of rotatable bonds is 3. The molecule has 1 amide bonds. The van der Waals surface area contributed by atoms with Gasteiger partial charge in [0, 0.05) is 45.3 Å². The summed E-state index contributed by atoms with van der Waals surface area (Å²) >= 11 is 0. The Morgan fingerprint density at radius 1 is 0.893 bits per heavy atom. The van der Waals surface area contributed by atoms with Crippen LogP contribution in [0.4, 0.5) is 11.6 Å². The van der Waals surface area contributed by atoms with Crippen molar-refractivity contribution in [3.05, 3.63) is 28.9 Å². The predicted octanol–water partition coefficient (Wildman–Crippen LogP) is 2.34. The van der Waals surface area contributed by atoms with E-state index in [1.54, 1.807) is 6.92 Å². The summed E-state index contributed by atoms with van der Waals surface area (Å²) in [5, 5.41) is 3.90. The Kier molecular flexibility index (Phi) is 5.19. The molecule has 4 rings (SSSR count). The van der Waals surface area contributed by atoms with E-state index in [4.69, 9.17) is 4.52 Å². The maximum atomic E-state index is 12.8. The van der Waals surface area contributed by atoms with Crippen molar-refractivity contribution in [1.82, 2.24) is 20.0 Å². The van der Waals surface area contributed by atoms with E-state index in [-0.39, 0.29) is 5.91 Å². The molecule has 4 heterocycles. The first kappa shape index (κ1) is 18.7. The quantitative estimate of drug-likeness (QED) is 0.804. The number of nitrogens with zero attached hydrogens (tertiary/aromatic N) is 6. The lowest BCUT2D eigenvalue weighted by atomic mass is 10.1. The SMILES string of the molecule is Cc1nc(N2CCCCC2)cc(N2CCN(C(=O)c3c(C)noc3C)CC2)n1. The van der Waals surface area contributed by atoms with Crippen molar-refractivity contribution in [2.45, 2.75) is 40.0 Å².